The number of carbonyl (C=O) groups is 1. The largest absolute Gasteiger partial charge is 0.379 e. The Hall–Kier alpha value is -1.43. The Kier molecular flexibility index (Phi) is 6.11. The van der Waals surface area contributed by atoms with Gasteiger partial charge in [0, 0.05) is 57.6 Å². The fourth-order valence-electron chi connectivity index (χ4n) is 4.99. The molecular weight excluding hydrogens is 338 g/mol. The van der Waals surface area contributed by atoms with Gasteiger partial charge in [-0.15, -0.1) is 0 Å². The lowest BCUT2D eigenvalue weighted by atomic mass is 9.73. The number of benzene rings is 1. The maximum absolute atomic E-state index is 12.5. The SMILES string of the molecule is O=C1CC[C@@]2(CCCN(CCN3CCOCC3)C2)CN1Cc1ccccc1. The predicted molar refractivity (Wildman–Crippen MR) is 106 cm³/mol. The molecule has 0 unspecified atom stereocenters. The van der Waals surface area contributed by atoms with E-state index in [1.165, 1.54) is 24.9 Å². The summed E-state index contributed by atoms with van der Waals surface area (Å²) < 4.78 is 5.46. The van der Waals surface area contributed by atoms with E-state index in [-0.39, 0.29) is 0 Å². The standard InChI is InChI=1S/C22H33N3O2/c26-21-7-9-22(19-25(21)17-20-5-2-1-3-6-20)8-4-10-24(18-22)12-11-23-13-15-27-16-14-23/h1-3,5-6H,4,7-19H2/t22-/m1/s1. The Morgan fingerprint density at radius 3 is 2.52 bits per heavy atom. The number of hydrogen-bond acceptors (Lipinski definition) is 4. The van der Waals surface area contributed by atoms with Crippen LogP contribution in [0.2, 0.25) is 0 Å². The first-order valence-corrected chi connectivity index (χ1v) is 10.6. The summed E-state index contributed by atoms with van der Waals surface area (Å²) in [4.78, 5) is 19.8. The second-order valence-electron chi connectivity index (χ2n) is 8.57. The fraction of sp³-hybridized carbons (Fsp3) is 0.682. The van der Waals surface area contributed by atoms with Crippen molar-refractivity contribution in [2.24, 2.45) is 5.41 Å². The van der Waals surface area contributed by atoms with Crippen molar-refractivity contribution in [2.75, 3.05) is 59.0 Å². The quantitative estimate of drug-likeness (QED) is 0.795. The van der Waals surface area contributed by atoms with Gasteiger partial charge in [-0.25, -0.2) is 0 Å². The van der Waals surface area contributed by atoms with Gasteiger partial charge in [0.15, 0.2) is 0 Å². The average molecular weight is 372 g/mol. The maximum Gasteiger partial charge on any atom is 0.222 e. The van der Waals surface area contributed by atoms with Crippen molar-refractivity contribution in [3.05, 3.63) is 35.9 Å². The summed E-state index contributed by atoms with van der Waals surface area (Å²) in [6.07, 6.45) is 4.30. The molecule has 3 aliphatic rings. The molecular formula is C22H33N3O2. The number of piperidine rings is 2. The summed E-state index contributed by atoms with van der Waals surface area (Å²) in [5, 5.41) is 0. The van der Waals surface area contributed by atoms with Gasteiger partial charge >= 0.3 is 0 Å². The van der Waals surface area contributed by atoms with E-state index in [0.717, 1.165) is 65.4 Å². The minimum atomic E-state index is 0.298. The zero-order valence-electron chi connectivity index (χ0n) is 16.4. The van der Waals surface area contributed by atoms with E-state index in [1.807, 2.05) is 6.07 Å². The summed E-state index contributed by atoms with van der Waals surface area (Å²) >= 11 is 0. The van der Waals surface area contributed by atoms with E-state index in [9.17, 15) is 4.79 Å². The fourth-order valence-corrected chi connectivity index (χ4v) is 4.99. The molecule has 27 heavy (non-hydrogen) atoms. The van der Waals surface area contributed by atoms with Crippen LogP contribution in [0.5, 0.6) is 0 Å². The average Bonchev–Trinajstić information content (AvgIpc) is 2.71. The smallest absolute Gasteiger partial charge is 0.222 e. The molecule has 0 saturated carbocycles. The predicted octanol–water partition coefficient (Wildman–Crippen LogP) is 2.22. The number of likely N-dealkylation sites (tertiary alicyclic amines) is 2. The van der Waals surface area contributed by atoms with Crippen molar-refractivity contribution in [3.8, 4) is 0 Å². The van der Waals surface area contributed by atoms with E-state index in [2.05, 4.69) is 39.0 Å². The number of nitrogens with zero attached hydrogens (tertiary/aromatic N) is 3. The molecule has 1 spiro atoms. The molecule has 4 rings (SSSR count). The van der Waals surface area contributed by atoms with Gasteiger partial charge < -0.3 is 14.5 Å². The molecule has 0 N–H and O–H groups in total. The molecule has 1 amide bonds. The number of rotatable bonds is 5. The number of hydrogen-bond donors (Lipinski definition) is 0. The highest BCUT2D eigenvalue weighted by Crippen LogP contribution is 2.39. The Labute approximate surface area is 163 Å². The highest BCUT2D eigenvalue weighted by molar-refractivity contribution is 5.77. The molecule has 3 heterocycles. The summed E-state index contributed by atoms with van der Waals surface area (Å²) in [7, 11) is 0. The third-order valence-electron chi connectivity index (χ3n) is 6.54. The van der Waals surface area contributed by atoms with Crippen LogP contribution in [0.25, 0.3) is 0 Å². The molecule has 0 radical (unpaired) electrons. The molecule has 0 aromatic heterocycles. The second-order valence-corrected chi connectivity index (χ2v) is 8.57. The number of morpholine rings is 1. The third-order valence-corrected chi connectivity index (χ3v) is 6.54. The lowest BCUT2D eigenvalue weighted by Crippen LogP contribution is -2.54. The molecule has 3 saturated heterocycles. The molecule has 0 bridgehead atoms. The normalized spacial score (nSPS) is 28.0. The van der Waals surface area contributed by atoms with Crippen molar-refractivity contribution < 1.29 is 9.53 Å². The number of amides is 1. The molecule has 1 aromatic rings. The Morgan fingerprint density at radius 1 is 0.926 bits per heavy atom. The molecule has 1 aromatic carbocycles. The van der Waals surface area contributed by atoms with Crippen LogP contribution in [-0.2, 0) is 16.1 Å². The van der Waals surface area contributed by atoms with Crippen LogP contribution in [-0.4, -0.2) is 79.6 Å². The Bertz CT molecular complexity index is 617. The van der Waals surface area contributed by atoms with Crippen LogP contribution in [0.1, 0.15) is 31.2 Å². The zero-order chi connectivity index (χ0) is 18.5. The van der Waals surface area contributed by atoms with E-state index in [4.69, 9.17) is 4.74 Å². The highest BCUT2D eigenvalue weighted by Gasteiger charge is 2.41. The van der Waals surface area contributed by atoms with Gasteiger partial charge in [-0.3, -0.25) is 9.69 Å². The zero-order valence-corrected chi connectivity index (χ0v) is 16.4. The van der Waals surface area contributed by atoms with Crippen LogP contribution in [0.4, 0.5) is 0 Å². The minimum absolute atomic E-state index is 0.298. The molecule has 3 aliphatic heterocycles. The van der Waals surface area contributed by atoms with Crippen molar-refractivity contribution in [1.29, 1.82) is 0 Å². The summed E-state index contributed by atoms with van der Waals surface area (Å²) in [5.74, 6) is 0.329. The van der Waals surface area contributed by atoms with Gasteiger partial charge in [-0.2, -0.15) is 0 Å². The van der Waals surface area contributed by atoms with E-state index in [0.29, 0.717) is 17.7 Å². The first-order valence-electron chi connectivity index (χ1n) is 10.6. The summed E-state index contributed by atoms with van der Waals surface area (Å²) in [6, 6.07) is 10.4. The molecule has 148 valence electrons. The molecule has 0 aliphatic carbocycles. The van der Waals surface area contributed by atoms with Gasteiger partial charge in [-0.1, -0.05) is 30.3 Å². The maximum atomic E-state index is 12.5. The van der Waals surface area contributed by atoms with E-state index >= 15 is 0 Å². The van der Waals surface area contributed by atoms with Crippen LogP contribution in [0.3, 0.4) is 0 Å². The Balaban J connectivity index is 1.34. The number of ether oxygens (including phenoxy) is 1. The lowest BCUT2D eigenvalue weighted by molar-refractivity contribution is -0.140. The number of carbonyl (C=O) groups excluding carboxylic acids is 1. The molecule has 5 heteroatoms. The van der Waals surface area contributed by atoms with Crippen molar-refractivity contribution in [1.82, 2.24) is 14.7 Å². The molecule has 5 nitrogen and oxygen atoms in total. The van der Waals surface area contributed by atoms with Crippen LogP contribution in [0, 0.1) is 5.41 Å². The van der Waals surface area contributed by atoms with Crippen LogP contribution >= 0.6 is 0 Å². The van der Waals surface area contributed by atoms with Crippen LogP contribution < -0.4 is 0 Å². The van der Waals surface area contributed by atoms with Gasteiger partial charge in [0.2, 0.25) is 5.91 Å². The summed E-state index contributed by atoms with van der Waals surface area (Å²) in [6.45, 7) is 10.2. The van der Waals surface area contributed by atoms with Crippen molar-refractivity contribution >= 4 is 5.91 Å². The van der Waals surface area contributed by atoms with Crippen molar-refractivity contribution in [3.63, 3.8) is 0 Å². The lowest BCUT2D eigenvalue weighted by Gasteiger charge is -2.48. The highest BCUT2D eigenvalue weighted by atomic mass is 16.5. The third kappa shape index (κ3) is 4.89. The van der Waals surface area contributed by atoms with Gasteiger partial charge in [0.05, 0.1) is 13.2 Å². The van der Waals surface area contributed by atoms with E-state index < -0.39 is 0 Å². The first kappa shape index (κ1) is 18.9. The molecule has 1 atom stereocenters. The Morgan fingerprint density at radius 2 is 1.70 bits per heavy atom. The van der Waals surface area contributed by atoms with Gasteiger partial charge in [0.25, 0.3) is 0 Å². The van der Waals surface area contributed by atoms with Crippen molar-refractivity contribution in [2.45, 2.75) is 32.2 Å². The second kappa shape index (κ2) is 8.72. The van der Waals surface area contributed by atoms with Gasteiger partial charge in [0.1, 0.15) is 0 Å². The van der Waals surface area contributed by atoms with E-state index in [1.54, 1.807) is 0 Å². The minimum Gasteiger partial charge on any atom is -0.379 e. The first-order chi connectivity index (χ1) is 13.2. The topological polar surface area (TPSA) is 36.0 Å². The van der Waals surface area contributed by atoms with Gasteiger partial charge in [-0.05, 0) is 31.4 Å². The molecule has 3 fully saturated rings. The van der Waals surface area contributed by atoms with Crippen LogP contribution in [0.15, 0.2) is 30.3 Å². The monoisotopic (exact) mass is 371 g/mol. The summed E-state index contributed by atoms with van der Waals surface area (Å²) in [5.41, 5.74) is 1.54.